The van der Waals surface area contributed by atoms with E-state index in [0.717, 1.165) is 19.2 Å². The van der Waals surface area contributed by atoms with Crippen LogP contribution in [0.3, 0.4) is 0 Å². The third kappa shape index (κ3) is 6.89. The van der Waals surface area contributed by atoms with E-state index in [1.807, 2.05) is 24.3 Å². The quantitative estimate of drug-likeness (QED) is 0.199. The fourth-order valence-electron chi connectivity index (χ4n) is 2.96. The first-order valence-corrected chi connectivity index (χ1v) is 13.1. The van der Waals surface area contributed by atoms with Gasteiger partial charge in [-0.3, -0.25) is 20.2 Å². The molecule has 176 valence electrons. The van der Waals surface area contributed by atoms with Crippen LogP contribution in [-0.2, 0) is 0 Å². The molecule has 4 rings (SSSR count). The number of rotatable bonds is 4. The minimum atomic E-state index is -0.324. The lowest BCUT2D eigenvalue weighted by Crippen LogP contribution is -2.34. The van der Waals surface area contributed by atoms with Gasteiger partial charge in [0.05, 0.1) is 10.2 Å². The number of carbonyl (C=O) groups is 2. The lowest BCUT2D eigenvalue weighted by Gasteiger charge is -2.09. The molecule has 12 heteroatoms. The molecule has 0 radical (unpaired) electrons. The Labute approximate surface area is 232 Å². The van der Waals surface area contributed by atoms with Crippen LogP contribution in [0.2, 0.25) is 0 Å². The molecule has 0 fully saturated rings. The number of nitrogens with zero attached hydrogens (tertiary/aromatic N) is 1. The maximum absolute atomic E-state index is 12.4. The SMILES string of the molecule is O=C(NC(=S)Nc1ccc2nc(NC(=S)NC(=O)c3cccc(Br)c3)sc2c1)c1cccc(Br)c1. The predicted molar refractivity (Wildman–Crippen MR) is 155 cm³/mol. The number of hydrogen-bond acceptors (Lipinski definition) is 6. The smallest absolute Gasteiger partial charge is 0.257 e. The highest BCUT2D eigenvalue weighted by molar-refractivity contribution is 9.10. The van der Waals surface area contributed by atoms with Crippen molar-refractivity contribution < 1.29 is 9.59 Å². The van der Waals surface area contributed by atoms with Gasteiger partial charge in [0.25, 0.3) is 11.8 Å². The number of aromatic nitrogens is 1. The Morgan fingerprint density at radius 3 is 1.91 bits per heavy atom. The van der Waals surface area contributed by atoms with Crippen LogP contribution in [0.1, 0.15) is 20.7 Å². The summed E-state index contributed by atoms with van der Waals surface area (Å²) < 4.78 is 2.46. The van der Waals surface area contributed by atoms with Crippen LogP contribution in [0.5, 0.6) is 0 Å². The van der Waals surface area contributed by atoms with Gasteiger partial charge in [0.15, 0.2) is 15.4 Å². The lowest BCUT2D eigenvalue weighted by molar-refractivity contribution is 0.0969. The maximum atomic E-state index is 12.4. The van der Waals surface area contributed by atoms with Crippen molar-refractivity contribution in [3.8, 4) is 0 Å². The van der Waals surface area contributed by atoms with Gasteiger partial charge < -0.3 is 10.6 Å². The molecule has 35 heavy (non-hydrogen) atoms. The van der Waals surface area contributed by atoms with Crippen molar-refractivity contribution in [2.45, 2.75) is 0 Å². The summed E-state index contributed by atoms with van der Waals surface area (Å²) in [5.41, 5.74) is 2.40. The number of hydrogen-bond donors (Lipinski definition) is 4. The Morgan fingerprint density at radius 1 is 0.771 bits per heavy atom. The van der Waals surface area contributed by atoms with E-state index in [0.29, 0.717) is 21.9 Å². The second kappa shape index (κ2) is 11.3. The summed E-state index contributed by atoms with van der Waals surface area (Å²) in [7, 11) is 0. The molecule has 0 aliphatic rings. The van der Waals surface area contributed by atoms with Crippen molar-refractivity contribution >= 4 is 111 Å². The topological polar surface area (TPSA) is 95.2 Å². The molecule has 0 aliphatic heterocycles. The van der Waals surface area contributed by atoms with Gasteiger partial charge >= 0.3 is 0 Å². The number of anilines is 2. The summed E-state index contributed by atoms with van der Waals surface area (Å²) in [5.74, 6) is -0.637. The molecule has 7 nitrogen and oxygen atoms in total. The summed E-state index contributed by atoms with van der Waals surface area (Å²) >= 11 is 18.6. The Balaban J connectivity index is 1.37. The Kier molecular flexibility index (Phi) is 8.19. The zero-order valence-corrected chi connectivity index (χ0v) is 23.2. The second-order valence-corrected chi connectivity index (χ2v) is 10.7. The Morgan fingerprint density at radius 2 is 1.34 bits per heavy atom. The number of halogens is 2. The molecular weight excluding hydrogens is 634 g/mol. The van der Waals surface area contributed by atoms with Crippen molar-refractivity contribution in [3.63, 3.8) is 0 Å². The zero-order valence-electron chi connectivity index (χ0n) is 17.6. The number of amides is 2. The molecule has 0 saturated heterocycles. The molecule has 1 aromatic heterocycles. The van der Waals surface area contributed by atoms with E-state index in [1.54, 1.807) is 42.5 Å². The highest BCUT2D eigenvalue weighted by Gasteiger charge is 2.12. The fraction of sp³-hybridized carbons (Fsp3) is 0. The van der Waals surface area contributed by atoms with Crippen LogP contribution in [0.15, 0.2) is 75.7 Å². The fourth-order valence-corrected chi connectivity index (χ4v) is 5.13. The van der Waals surface area contributed by atoms with Gasteiger partial charge in [0, 0.05) is 25.8 Å². The number of benzene rings is 3. The van der Waals surface area contributed by atoms with Crippen molar-refractivity contribution in [1.82, 2.24) is 15.6 Å². The molecule has 2 amide bonds. The summed E-state index contributed by atoms with van der Waals surface area (Å²) in [6.07, 6.45) is 0. The van der Waals surface area contributed by atoms with Crippen LogP contribution >= 0.6 is 67.6 Å². The molecule has 0 spiro atoms. The first-order valence-electron chi connectivity index (χ1n) is 9.93. The highest BCUT2D eigenvalue weighted by Crippen LogP contribution is 2.28. The summed E-state index contributed by atoms with van der Waals surface area (Å²) in [6.45, 7) is 0. The van der Waals surface area contributed by atoms with Crippen LogP contribution in [-0.4, -0.2) is 27.0 Å². The van der Waals surface area contributed by atoms with Gasteiger partial charge in [-0.25, -0.2) is 4.98 Å². The zero-order chi connectivity index (χ0) is 24.9. The molecule has 0 bridgehead atoms. The van der Waals surface area contributed by atoms with Crippen molar-refractivity contribution in [2.75, 3.05) is 10.6 Å². The van der Waals surface area contributed by atoms with E-state index in [4.69, 9.17) is 24.4 Å². The van der Waals surface area contributed by atoms with E-state index >= 15 is 0 Å². The minimum Gasteiger partial charge on any atom is -0.332 e. The van der Waals surface area contributed by atoms with Crippen molar-refractivity contribution in [2.24, 2.45) is 0 Å². The van der Waals surface area contributed by atoms with Crippen LogP contribution in [0.4, 0.5) is 10.8 Å². The molecule has 0 aliphatic carbocycles. The Bertz CT molecular complexity index is 1400. The summed E-state index contributed by atoms with van der Waals surface area (Å²) in [6, 6.07) is 19.5. The average Bonchev–Trinajstić information content (AvgIpc) is 3.20. The second-order valence-electron chi connectivity index (χ2n) is 7.04. The predicted octanol–water partition coefficient (Wildman–Crippen LogP) is 6.07. The molecule has 0 unspecified atom stereocenters. The third-order valence-corrected chi connectivity index (χ3v) is 6.82. The summed E-state index contributed by atoms with van der Waals surface area (Å²) in [5, 5.41) is 12.1. The van der Waals surface area contributed by atoms with E-state index in [2.05, 4.69) is 58.1 Å². The maximum Gasteiger partial charge on any atom is 0.257 e. The van der Waals surface area contributed by atoms with Crippen molar-refractivity contribution in [3.05, 3.63) is 86.8 Å². The van der Waals surface area contributed by atoms with Gasteiger partial charge in [-0.05, 0) is 79.0 Å². The number of thiocarbonyl (C=S) groups is 2. The first-order chi connectivity index (χ1) is 16.8. The van der Waals surface area contributed by atoms with Gasteiger partial charge in [0.1, 0.15) is 0 Å². The molecule has 4 aromatic rings. The first kappa shape index (κ1) is 25.3. The molecule has 0 atom stereocenters. The van der Waals surface area contributed by atoms with E-state index in [-0.39, 0.29) is 22.0 Å². The molecule has 1 heterocycles. The molecular formula is C23H15Br2N5O2S3. The molecule has 0 saturated carbocycles. The van der Waals surface area contributed by atoms with Gasteiger partial charge in [0.2, 0.25) is 0 Å². The average molecular weight is 649 g/mol. The minimum absolute atomic E-state index is 0.142. The van der Waals surface area contributed by atoms with Gasteiger partial charge in [-0.1, -0.05) is 55.3 Å². The number of carbonyl (C=O) groups excluding carboxylic acids is 2. The largest absolute Gasteiger partial charge is 0.332 e. The highest BCUT2D eigenvalue weighted by atomic mass is 79.9. The summed E-state index contributed by atoms with van der Waals surface area (Å²) in [4.78, 5) is 29.2. The number of thiazole rings is 1. The standard InChI is InChI=1S/C23H15Br2N5O2S3/c24-14-5-1-3-12(9-14)19(31)28-21(33)26-16-7-8-17-18(11-16)35-23(27-17)30-22(34)29-20(32)13-4-2-6-15(25)10-13/h1-11H,(H2,26,28,31,33)(H2,27,29,30,32,34). The van der Waals surface area contributed by atoms with E-state index < -0.39 is 0 Å². The van der Waals surface area contributed by atoms with E-state index in [1.165, 1.54) is 11.3 Å². The Hall–Kier alpha value is -2.77. The number of fused-ring (bicyclic) bond motifs is 1. The number of nitrogens with one attached hydrogen (secondary N) is 4. The van der Waals surface area contributed by atoms with Crippen LogP contribution in [0.25, 0.3) is 10.2 Å². The van der Waals surface area contributed by atoms with Crippen molar-refractivity contribution in [1.29, 1.82) is 0 Å². The monoisotopic (exact) mass is 647 g/mol. The lowest BCUT2D eigenvalue weighted by atomic mass is 10.2. The van der Waals surface area contributed by atoms with Crippen LogP contribution in [0, 0.1) is 0 Å². The van der Waals surface area contributed by atoms with E-state index in [9.17, 15) is 9.59 Å². The normalized spacial score (nSPS) is 10.5. The van der Waals surface area contributed by atoms with Gasteiger partial charge in [-0.2, -0.15) is 0 Å². The van der Waals surface area contributed by atoms with Gasteiger partial charge in [-0.15, -0.1) is 0 Å². The molecule has 4 N–H and O–H groups in total. The van der Waals surface area contributed by atoms with Crippen LogP contribution < -0.4 is 21.3 Å². The molecule has 3 aromatic carbocycles. The third-order valence-electron chi connectivity index (χ3n) is 4.49.